The minimum Gasteiger partial charge on any atom is -0.431 e. The predicted octanol–water partition coefficient (Wildman–Crippen LogP) is 4.44. The highest BCUT2D eigenvalue weighted by molar-refractivity contribution is 7.89. The quantitative estimate of drug-likeness (QED) is 0.182. The molecule has 0 radical (unpaired) electrons. The Morgan fingerprint density at radius 3 is 2.65 bits per heavy atom. The normalized spacial score (nSPS) is 21.2. The van der Waals surface area contributed by atoms with E-state index in [1.807, 2.05) is 19.9 Å². The zero-order valence-electron chi connectivity index (χ0n) is 20.1. The van der Waals surface area contributed by atoms with Gasteiger partial charge >= 0.3 is 6.16 Å². The maximum absolute atomic E-state index is 12.3. The number of ether oxygens (including phenoxy) is 2. The molecular formula is C24H25N5O7S. The van der Waals surface area contributed by atoms with Crippen molar-refractivity contribution in [3.8, 4) is 5.75 Å². The molecule has 13 heteroatoms. The minimum absolute atomic E-state index is 0.0993. The number of rotatable bonds is 6. The highest BCUT2D eigenvalue weighted by Gasteiger charge is 2.39. The minimum atomic E-state index is -3.52. The first-order valence-corrected chi connectivity index (χ1v) is 13.1. The number of aromatic nitrogens is 2. The van der Waals surface area contributed by atoms with Crippen LogP contribution in [0.1, 0.15) is 50.3 Å². The number of nitrogens with zero attached hydrogens (tertiary/aromatic N) is 2. The molecule has 3 aromatic rings. The van der Waals surface area contributed by atoms with Crippen molar-refractivity contribution in [3.05, 3.63) is 69.9 Å². The van der Waals surface area contributed by atoms with E-state index in [0.29, 0.717) is 29.9 Å². The van der Waals surface area contributed by atoms with Gasteiger partial charge in [-0.3, -0.25) is 15.2 Å². The zero-order chi connectivity index (χ0) is 26.4. The number of nitrogens with one attached hydrogen (secondary N) is 3. The monoisotopic (exact) mass is 527 g/mol. The Hall–Kier alpha value is -3.97. The predicted molar refractivity (Wildman–Crippen MR) is 132 cm³/mol. The van der Waals surface area contributed by atoms with E-state index in [-0.39, 0.29) is 28.4 Å². The lowest BCUT2D eigenvalue weighted by atomic mass is 9.95. The van der Waals surface area contributed by atoms with Gasteiger partial charge in [0.1, 0.15) is 11.9 Å². The van der Waals surface area contributed by atoms with E-state index in [0.717, 1.165) is 12.1 Å². The molecule has 1 aromatic heterocycles. The van der Waals surface area contributed by atoms with E-state index in [1.165, 1.54) is 24.3 Å². The van der Waals surface area contributed by atoms with Gasteiger partial charge in [0.05, 0.1) is 15.4 Å². The van der Waals surface area contributed by atoms with Crippen molar-refractivity contribution in [3.63, 3.8) is 0 Å². The molecule has 2 aliphatic rings. The van der Waals surface area contributed by atoms with Crippen LogP contribution in [0, 0.1) is 10.1 Å². The van der Waals surface area contributed by atoms with Crippen LogP contribution in [0.2, 0.25) is 0 Å². The molecule has 0 spiro atoms. The summed E-state index contributed by atoms with van der Waals surface area (Å²) in [5.41, 5.74) is 1.48. The first-order valence-electron chi connectivity index (χ1n) is 11.6. The number of nitro benzene ring substituents is 1. The number of H-pyrrole nitrogens is 1. The van der Waals surface area contributed by atoms with Crippen molar-refractivity contribution >= 4 is 33.4 Å². The molecular weight excluding hydrogens is 502 g/mol. The molecule has 12 nitrogen and oxygen atoms in total. The number of nitro groups is 1. The van der Waals surface area contributed by atoms with Gasteiger partial charge in [-0.25, -0.2) is 17.9 Å². The Morgan fingerprint density at radius 2 is 1.92 bits per heavy atom. The summed E-state index contributed by atoms with van der Waals surface area (Å²) < 4.78 is 37.8. The number of carbonyl (C=O) groups excluding carboxylic acids is 1. The third-order valence-corrected chi connectivity index (χ3v) is 8.25. The Labute approximate surface area is 212 Å². The third-order valence-electron chi connectivity index (χ3n) is 6.54. The fraction of sp³-hybridized carbons (Fsp3) is 0.333. The van der Waals surface area contributed by atoms with E-state index >= 15 is 0 Å². The fourth-order valence-electron chi connectivity index (χ4n) is 4.76. The number of non-ortho nitro benzene ring substituents is 1. The molecule has 0 saturated heterocycles. The molecule has 0 bridgehead atoms. The van der Waals surface area contributed by atoms with Crippen LogP contribution >= 0.6 is 0 Å². The van der Waals surface area contributed by atoms with Crippen molar-refractivity contribution in [2.75, 3.05) is 5.32 Å². The average molecular weight is 528 g/mol. The second-order valence-electron chi connectivity index (χ2n) is 9.63. The van der Waals surface area contributed by atoms with Crippen molar-refractivity contribution in [1.29, 1.82) is 0 Å². The Bertz CT molecular complexity index is 1470. The standard InChI is InChI=1S/C24H25N5O7S/c1-24(2)19-12-15(4-10-21(19)37(33,34)28-24)25-22-13-20(26-27-22)14-3-7-18(11-14)36-23(30)35-17-8-5-16(6-9-17)29(31)32/h4-6,8-10,12-14,18,28H,3,7,11H2,1-2H3,(H2,25,26,27)/t14-,18+/m0/s1. The van der Waals surface area contributed by atoms with Gasteiger partial charge in [0.15, 0.2) is 5.82 Å². The van der Waals surface area contributed by atoms with Crippen LogP contribution in [0.4, 0.5) is 22.0 Å². The second kappa shape index (κ2) is 9.16. The molecule has 1 aliphatic carbocycles. The molecule has 5 rings (SSSR count). The second-order valence-corrected chi connectivity index (χ2v) is 11.3. The van der Waals surface area contributed by atoms with Gasteiger partial charge in [0.2, 0.25) is 10.0 Å². The number of fused-ring (bicyclic) bond motifs is 1. The smallest absolute Gasteiger partial charge is 0.431 e. The van der Waals surface area contributed by atoms with E-state index in [1.54, 1.807) is 18.2 Å². The SMILES string of the molecule is CC1(C)NS(=O)(=O)c2ccc(Nc3cc([C@H]4CC[C@@H](OC(=O)Oc5ccc([N+](=O)[O-])cc5)C4)[nH]n3)cc21. The summed E-state index contributed by atoms with van der Waals surface area (Å²) in [7, 11) is -3.52. The van der Waals surface area contributed by atoms with Crippen LogP contribution in [-0.4, -0.2) is 35.8 Å². The summed E-state index contributed by atoms with van der Waals surface area (Å²) in [6.45, 7) is 3.63. The lowest BCUT2D eigenvalue weighted by Gasteiger charge is -2.18. The van der Waals surface area contributed by atoms with Crippen LogP contribution in [0.25, 0.3) is 0 Å². The molecule has 2 aromatic carbocycles. The molecule has 194 valence electrons. The van der Waals surface area contributed by atoms with Crippen LogP contribution in [-0.2, 0) is 20.3 Å². The van der Waals surface area contributed by atoms with Crippen LogP contribution in [0.5, 0.6) is 5.75 Å². The zero-order valence-corrected chi connectivity index (χ0v) is 20.9. The van der Waals surface area contributed by atoms with Crippen molar-refractivity contribution in [2.24, 2.45) is 0 Å². The topological polar surface area (TPSA) is 166 Å². The number of benzene rings is 2. The molecule has 1 fully saturated rings. The summed E-state index contributed by atoms with van der Waals surface area (Å²) in [6.07, 6.45) is 0.843. The van der Waals surface area contributed by atoms with Gasteiger partial charge in [-0.1, -0.05) is 0 Å². The van der Waals surface area contributed by atoms with Crippen molar-refractivity contribution < 1.29 is 27.6 Å². The van der Waals surface area contributed by atoms with Gasteiger partial charge in [-0.2, -0.15) is 5.10 Å². The summed E-state index contributed by atoms with van der Waals surface area (Å²) >= 11 is 0. The lowest BCUT2D eigenvalue weighted by molar-refractivity contribution is -0.384. The summed E-state index contributed by atoms with van der Waals surface area (Å²) in [4.78, 5) is 22.6. The molecule has 2 atom stereocenters. The first kappa shape index (κ1) is 24.7. The molecule has 1 saturated carbocycles. The summed E-state index contributed by atoms with van der Waals surface area (Å²) in [5.74, 6) is 0.856. The molecule has 3 N–H and O–H groups in total. The van der Waals surface area contributed by atoms with Gasteiger partial charge in [0.25, 0.3) is 5.69 Å². The van der Waals surface area contributed by atoms with E-state index in [2.05, 4.69) is 20.2 Å². The number of sulfonamides is 1. The number of carbonyl (C=O) groups is 1. The van der Waals surface area contributed by atoms with Crippen LogP contribution in [0.15, 0.2) is 53.4 Å². The van der Waals surface area contributed by atoms with Crippen molar-refractivity contribution in [2.45, 2.75) is 55.6 Å². The molecule has 2 heterocycles. The summed E-state index contributed by atoms with van der Waals surface area (Å²) in [6, 6.07) is 12.1. The molecule has 0 amide bonds. The van der Waals surface area contributed by atoms with Crippen LogP contribution in [0.3, 0.4) is 0 Å². The first-order chi connectivity index (χ1) is 17.5. The molecule has 1 aliphatic heterocycles. The van der Waals surface area contributed by atoms with E-state index < -0.39 is 26.6 Å². The number of hydrogen-bond donors (Lipinski definition) is 3. The molecule has 0 unspecified atom stereocenters. The van der Waals surface area contributed by atoms with E-state index in [9.17, 15) is 23.3 Å². The highest BCUT2D eigenvalue weighted by atomic mass is 32.2. The molecule has 37 heavy (non-hydrogen) atoms. The Balaban J connectivity index is 1.17. The average Bonchev–Trinajstić information content (AvgIpc) is 3.51. The highest BCUT2D eigenvalue weighted by Crippen LogP contribution is 2.38. The number of hydrogen-bond acceptors (Lipinski definition) is 9. The van der Waals surface area contributed by atoms with Gasteiger partial charge in [0, 0.05) is 35.5 Å². The van der Waals surface area contributed by atoms with Crippen LogP contribution < -0.4 is 14.8 Å². The van der Waals surface area contributed by atoms with Gasteiger partial charge in [-0.15, -0.1) is 0 Å². The van der Waals surface area contributed by atoms with Gasteiger partial charge < -0.3 is 14.8 Å². The number of aromatic amines is 1. The van der Waals surface area contributed by atoms with Crippen molar-refractivity contribution in [1.82, 2.24) is 14.9 Å². The summed E-state index contributed by atoms with van der Waals surface area (Å²) in [5, 5.41) is 21.3. The Kier molecular flexibility index (Phi) is 6.12. The third kappa shape index (κ3) is 5.13. The maximum Gasteiger partial charge on any atom is 0.514 e. The Morgan fingerprint density at radius 1 is 1.16 bits per heavy atom. The number of anilines is 2. The van der Waals surface area contributed by atoms with E-state index in [4.69, 9.17) is 9.47 Å². The maximum atomic E-state index is 12.3. The lowest BCUT2D eigenvalue weighted by Crippen LogP contribution is -2.32. The van der Waals surface area contributed by atoms with Gasteiger partial charge in [-0.05, 0) is 69.0 Å². The largest absolute Gasteiger partial charge is 0.514 e. The fourth-order valence-corrected chi connectivity index (χ4v) is 6.50.